The minimum absolute atomic E-state index is 0.0408. The monoisotopic (exact) mass is 169 g/mol. The first-order valence-corrected chi connectivity index (χ1v) is 5.09. The lowest BCUT2D eigenvalue weighted by atomic mass is 9.52. The summed E-state index contributed by atoms with van der Waals surface area (Å²) in [5.74, 6) is 1.40. The molecule has 0 heterocycles. The highest BCUT2D eigenvalue weighted by Crippen LogP contribution is 2.55. The maximum atomic E-state index is 13.6. The van der Waals surface area contributed by atoms with Crippen LogP contribution in [-0.4, -0.2) is 11.7 Å². The lowest BCUT2D eigenvalue weighted by Gasteiger charge is -2.56. The summed E-state index contributed by atoms with van der Waals surface area (Å²) in [7, 11) is 0. The van der Waals surface area contributed by atoms with Crippen LogP contribution in [0.25, 0.3) is 0 Å². The Hall–Kier alpha value is -0.110. The molecular weight excluding hydrogens is 153 g/mol. The smallest absolute Gasteiger partial charge is 0.106 e. The largest absolute Gasteiger partial charge is 0.325 e. The molecule has 0 amide bonds. The fourth-order valence-corrected chi connectivity index (χ4v) is 4.03. The first-order chi connectivity index (χ1) is 5.66. The van der Waals surface area contributed by atoms with Crippen LogP contribution < -0.4 is 5.73 Å². The van der Waals surface area contributed by atoms with Crippen molar-refractivity contribution in [1.82, 2.24) is 0 Å². The Labute approximate surface area is 72.5 Å². The van der Waals surface area contributed by atoms with Gasteiger partial charge in [-0.25, -0.2) is 4.39 Å². The molecule has 0 radical (unpaired) electrons. The molecule has 2 unspecified atom stereocenters. The van der Waals surface area contributed by atoms with Crippen molar-refractivity contribution in [3.8, 4) is 0 Å². The standard InChI is InChI=1S/C10H16FN/c11-9-7-1-6-2-8(9)5-10(12,3-6)4-7/h6-9H,1-5,12H2. The molecule has 4 bridgehead atoms. The van der Waals surface area contributed by atoms with E-state index in [1.54, 1.807) is 0 Å². The number of nitrogens with two attached hydrogens (primary N) is 1. The number of hydrogen-bond acceptors (Lipinski definition) is 1. The lowest BCUT2D eigenvalue weighted by molar-refractivity contribution is -0.0649. The second-order valence-corrected chi connectivity index (χ2v) is 5.28. The van der Waals surface area contributed by atoms with Crippen LogP contribution in [0.4, 0.5) is 4.39 Å². The van der Waals surface area contributed by atoms with Gasteiger partial charge in [0, 0.05) is 5.54 Å². The van der Waals surface area contributed by atoms with Crippen molar-refractivity contribution in [1.29, 1.82) is 0 Å². The number of halogens is 1. The summed E-state index contributed by atoms with van der Waals surface area (Å²) in [6.07, 6.45) is 4.82. The summed E-state index contributed by atoms with van der Waals surface area (Å²) in [6.45, 7) is 0. The Morgan fingerprint density at radius 2 is 1.67 bits per heavy atom. The minimum atomic E-state index is -0.516. The Morgan fingerprint density at radius 1 is 1.08 bits per heavy atom. The summed E-state index contributed by atoms with van der Waals surface area (Å²) < 4.78 is 13.6. The zero-order valence-electron chi connectivity index (χ0n) is 7.30. The maximum Gasteiger partial charge on any atom is 0.106 e. The molecule has 4 rings (SSSR count). The van der Waals surface area contributed by atoms with Gasteiger partial charge >= 0.3 is 0 Å². The van der Waals surface area contributed by atoms with E-state index in [0.717, 1.165) is 31.6 Å². The molecular formula is C10H16FN. The third-order valence-corrected chi connectivity index (χ3v) is 4.21. The van der Waals surface area contributed by atoms with Gasteiger partial charge in [0.15, 0.2) is 0 Å². The van der Waals surface area contributed by atoms with E-state index in [2.05, 4.69) is 0 Å². The Bertz CT molecular complexity index is 200. The molecule has 4 saturated carbocycles. The third-order valence-electron chi connectivity index (χ3n) is 4.21. The van der Waals surface area contributed by atoms with Gasteiger partial charge in [0.2, 0.25) is 0 Å². The average molecular weight is 169 g/mol. The highest BCUT2D eigenvalue weighted by Gasteiger charge is 2.54. The molecule has 0 saturated heterocycles. The van der Waals surface area contributed by atoms with Gasteiger partial charge in [0.1, 0.15) is 6.17 Å². The van der Waals surface area contributed by atoms with E-state index in [-0.39, 0.29) is 5.54 Å². The first kappa shape index (κ1) is 7.31. The highest BCUT2D eigenvalue weighted by atomic mass is 19.1. The van der Waals surface area contributed by atoms with Crippen LogP contribution in [0.1, 0.15) is 32.1 Å². The molecule has 4 aliphatic carbocycles. The van der Waals surface area contributed by atoms with Gasteiger partial charge in [-0.05, 0) is 49.9 Å². The predicted octanol–water partition coefficient (Wildman–Crippen LogP) is 1.86. The number of hydrogen-bond donors (Lipinski definition) is 1. The van der Waals surface area contributed by atoms with E-state index in [0.29, 0.717) is 11.8 Å². The molecule has 4 aliphatic rings. The Balaban J connectivity index is 1.95. The number of alkyl halides is 1. The second kappa shape index (κ2) is 2.03. The van der Waals surface area contributed by atoms with Crippen molar-refractivity contribution in [2.24, 2.45) is 23.5 Å². The third kappa shape index (κ3) is 0.819. The van der Waals surface area contributed by atoms with Crippen LogP contribution in [0.5, 0.6) is 0 Å². The average Bonchev–Trinajstić information content (AvgIpc) is 1.96. The zero-order valence-corrected chi connectivity index (χ0v) is 7.30. The molecule has 1 nitrogen and oxygen atoms in total. The molecule has 4 fully saturated rings. The van der Waals surface area contributed by atoms with Crippen LogP contribution in [0.3, 0.4) is 0 Å². The summed E-state index contributed by atoms with van der Waals surface area (Å²) in [6, 6.07) is 0. The number of rotatable bonds is 0. The molecule has 68 valence electrons. The van der Waals surface area contributed by atoms with Gasteiger partial charge < -0.3 is 5.73 Å². The van der Waals surface area contributed by atoms with E-state index in [4.69, 9.17) is 5.73 Å². The van der Waals surface area contributed by atoms with Crippen molar-refractivity contribution < 1.29 is 4.39 Å². The topological polar surface area (TPSA) is 26.0 Å². The van der Waals surface area contributed by atoms with Crippen molar-refractivity contribution in [3.05, 3.63) is 0 Å². The normalized spacial score (nSPS) is 62.5. The van der Waals surface area contributed by atoms with Crippen LogP contribution in [-0.2, 0) is 0 Å². The highest BCUT2D eigenvalue weighted by molar-refractivity contribution is 5.08. The molecule has 0 aliphatic heterocycles. The van der Waals surface area contributed by atoms with Gasteiger partial charge in [0.05, 0.1) is 0 Å². The zero-order chi connectivity index (χ0) is 8.34. The van der Waals surface area contributed by atoms with E-state index in [1.165, 1.54) is 6.42 Å². The fraction of sp³-hybridized carbons (Fsp3) is 1.00. The fourth-order valence-electron chi connectivity index (χ4n) is 4.03. The first-order valence-electron chi connectivity index (χ1n) is 5.09. The molecule has 0 aromatic heterocycles. The molecule has 0 spiro atoms. The summed E-state index contributed by atoms with van der Waals surface area (Å²) in [5.41, 5.74) is 6.26. The van der Waals surface area contributed by atoms with Gasteiger partial charge in [-0.15, -0.1) is 0 Å². The molecule has 12 heavy (non-hydrogen) atoms. The van der Waals surface area contributed by atoms with Gasteiger partial charge in [-0.1, -0.05) is 0 Å². The summed E-state index contributed by atoms with van der Waals surface area (Å²) in [4.78, 5) is 0. The molecule has 2 N–H and O–H groups in total. The van der Waals surface area contributed by atoms with Gasteiger partial charge in [-0.3, -0.25) is 0 Å². The van der Waals surface area contributed by atoms with Gasteiger partial charge in [0.25, 0.3) is 0 Å². The molecule has 2 heteroatoms. The van der Waals surface area contributed by atoms with Crippen LogP contribution in [0.15, 0.2) is 0 Å². The van der Waals surface area contributed by atoms with Crippen LogP contribution in [0, 0.1) is 17.8 Å². The predicted molar refractivity (Wildman–Crippen MR) is 45.4 cm³/mol. The van der Waals surface area contributed by atoms with Crippen molar-refractivity contribution >= 4 is 0 Å². The maximum absolute atomic E-state index is 13.6. The summed E-state index contributed by atoms with van der Waals surface area (Å²) >= 11 is 0. The molecule has 2 atom stereocenters. The van der Waals surface area contributed by atoms with E-state index in [9.17, 15) is 4.39 Å². The van der Waals surface area contributed by atoms with E-state index >= 15 is 0 Å². The van der Waals surface area contributed by atoms with E-state index < -0.39 is 6.17 Å². The van der Waals surface area contributed by atoms with E-state index in [1.807, 2.05) is 0 Å². The second-order valence-electron chi connectivity index (χ2n) is 5.28. The Kier molecular flexibility index (Phi) is 1.24. The molecule has 0 aromatic carbocycles. The van der Waals surface area contributed by atoms with Crippen LogP contribution in [0.2, 0.25) is 0 Å². The van der Waals surface area contributed by atoms with Crippen LogP contribution >= 0.6 is 0 Å². The summed E-state index contributed by atoms with van der Waals surface area (Å²) in [5, 5.41) is 0. The quantitative estimate of drug-likeness (QED) is 0.588. The lowest BCUT2D eigenvalue weighted by Crippen LogP contribution is -2.59. The van der Waals surface area contributed by atoms with Crippen molar-refractivity contribution in [2.45, 2.75) is 43.8 Å². The minimum Gasteiger partial charge on any atom is -0.325 e. The SMILES string of the molecule is NC12CC3CC(C1)C(F)C(C3)C2. The van der Waals surface area contributed by atoms with Gasteiger partial charge in [-0.2, -0.15) is 0 Å². The Morgan fingerprint density at radius 3 is 2.17 bits per heavy atom. The van der Waals surface area contributed by atoms with Crippen molar-refractivity contribution in [3.63, 3.8) is 0 Å². The molecule has 0 aromatic rings. The van der Waals surface area contributed by atoms with Crippen molar-refractivity contribution in [2.75, 3.05) is 0 Å².